The first-order valence-electron chi connectivity index (χ1n) is 16.3. The van der Waals surface area contributed by atoms with Crippen LogP contribution in [0.4, 0.5) is 4.39 Å². The number of aromatic nitrogens is 1. The Hall–Kier alpha value is -4.34. The Kier molecular flexibility index (Phi) is 10.9. The smallest absolute Gasteiger partial charge is 0.254 e. The van der Waals surface area contributed by atoms with Crippen LogP contribution in [0, 0.1) is 6.92 Å². The van der Waals surface area contributed by atoms with Crippen LogP contribution < -0.4 is 10.6 Å². The van der Waals surface area contributed by atoms with Crippen molar-refractivity contribution in [3.05, 3.63) is 124 Å². The maximum absolute atomic E-state index is 14.1. The van der Waals surface area contributed by atoms with E-state index in [0.29, 0.717) is 31.8 Å². The van der Waals surface area contributed by atoms with Gasteiger partial charge in [-0.15, -0.1) is 0 Å². The maximum atomic E-state index is 14.1. The summed E-state index contributed by atoms with van der Waals surface area (Å²) in [5.41, 5.74) is 4.64. The average molecular weight is 641 g/mol. The lowest BCUT2D eigenvalue weighted by Gasteiger charge is -2.26. The van der Waals surface area contributed by atoms with Crippen LogP contribution in [-0.2, 0) is 25.1 Å². The molecule has 2 amide bonds. The number of amides is 2. The van der Waals surface area contributed by atoms with Gasteiger partial charge in [-0.2, -0.15) is 0 Å². The van der Waals surface area contributed by atoms with Crippen molar-refractivity contribution in [2.75, 3.05) is 13.1 Å². The number of oxazole rings is 1. The summed E-state index contributed by atoms with van der Waals surface area (Å²) >= 11 is 0. The fourth-order valence-corrected chi connectivity index (χ4v) is 6.04. The normalized spacial score (nSPS) is 16.2. The highest BCUT2D eigenvalue weighted by molar-refractivity contribution is 6.00. The zero-order valence-corrected chi connectivity index (χ0v) is 27.6. The number of aryl methyl sites for hydroxylation is 1. The minimum Gasteiger partial charge on any atom is -0.446 e. The molecular weight excluding hydrogens is 595 g/mol. The number of rotatable bonds is 12. The lowest BCUT2D eigenvalue weighted by molar-refractivity contribution is 0.0715. The monoisotopic (exact) mass is 640 g/mol. The van der Waals surface area contributed by atoms with E-state index in [-0.39, 0.29) is 40.6 Å². The molecule has 2 heterocycles. The molecule has 47 heavy (non-hydrogen) atoms. The molecule has 3 atom stereocenters. The molecule has 1 aliphatic rings. The van der Waals surface area contributed by atoms with Gasteiger partial charge < -0.3 is 25.1 Å². The zero-order chi connectivity index (χ0) is 33.6. The van der Waals surface area contributed by atoms with E-state index >= 15 is 0 Å². The van der Waals surface area contributed by atoms with E-state index in [0.717, 1.165) is 23.2 Å². The Balaban J connectivity index is 1.31. The molecule has 1 saturated heterocycles. The van der Waals surface area contributed by atoms with Crippen molar-refractivity contribution in [1.82, 2.24) is 20.5 Å². The number of alkyl halides is 1. The number of benzene rings is 3. The van der Waals surface area contributed by atoms with Gasteiger partial charge in [-0.1, -0.05) is 75.4 Å². The van der Waals surface area contributed by atoms with Crippen molar-refractivity contribution in [3.8, 4) is 0 Å². The Morgan fingerprint density at radius 2 is 1.77 bits per heavy atom. The van der Waals surface area contributed by atoms with Crippen LogP contribution in [0.1, 0.15) is 94.2 Å². The van der Waals surface area contributed by atoms with Crippen LogP contribution >= 0.6 is 0 Å². The van der Waals surface area contributed by atoms with Crippen LogP contribution in [-0.4, -0.2) is 52.0 Å². The fraction of sp³-hybridized carbons (Fsp3) is 0.395. The van der Waals surface area contributed by atoms with E-state index in [1.54, 1.807) is 11.2 Å². The van der Waals surface area contributed by atoms with Crippen molar-refractivity contribution in [2.45, 2.75) is 83.8 Å². The number of hydrogen-bond acceptors (Lipinski definition) is 6. The summed E-state index contributed by atoms with van der Waals surface area (Å²) in [6.07, 6.45) is 2.50. The summed E-state index contributed by atoms with van der Waals surface area (Å²) in [4.78, 5) is 33.5. The molecular formula is C38H45FN4O4. The molecule has 0 aliphatic carbocycles. The van der Waals surface area contributed by atoms with Crippen molar-refractivity contribution >= 4 is 11.8 Å². The van der Waals surface area contributed by atoms with Crippen LogP contribution in [0.2, 0.25) is 0 Å². The number of aliphatic hydroxyl groups is 1. The van der Waals surface area contributed by atoms with Crippen molar-refractivity contribution in [3.63, 3.8) is 0 Å². The molecule has 1 aliphatic heterocycles. The molecule has 1 aromatic heterocycles. The maximum Gasteiger partial charge on any atom is 0.254 e. The topological polar surface area (TPSA) is 108 Å². The third kappa shape index (κ3) is 8.73. The minimum absolute atomic E-state index is 0.0243. The van der Waals surface area contributed by atoms with Crippen LogP contribution in [0.5, 0.6) is 0 Å². The molecule has 3 aromatic carbocycles. The molecule has 3 N–H and O–H groups in total. The molecule has 4 aromatic rings. The van der Waals surface area contributed by atoms with Crippen LogP contribution in [0.15, 0.2) is 83.5 Å². The summed E-state index contributed by atoms with van der Waals surface area (Å²) in [5.74, 6) is -0.331. The Bertz CT molecular complexity index is 1670. The van der Waals surface area contributed by atoms with Crippen LogP contribution in [0.3, 0.4) is 0 Å². The van der Waals surface area contributed by atoms with Gasteiger partial charge in [0.15, 0.2) is 0 Å². The fourth-order valence-electron chi connectivity index (χ4n) is 6.04. The highest BCUT2D eigenvalue weighted by atomic mass is 19.1. The first-order chi connectivity index (χ1) is 22.5. The molecule has 0 saturated carbocycles. The van der Waals surface area contributed by atoms with Crippen molar-refractivity contribution < 1.29 is 23.5 Å². The van der Waals surface area contributed by atoms with Gasteiger partial charge in [-0.25, -0.2) is 9.37 Å². The standard InChI is InChI=1S/C38H45FN4O4/c1-25-24-47-36(41-25)33-14-9-15-43(33)37(46)30-17-28(21-39)16-29(20-30)35(45)42-32(19-26-10-6-5-7-11-26)34(44)23-40-22-27-12-8-13-31(18-27)38(2,3)4/h5-8,10-13,16-18,20,24,32-34,40,44H,9,14-15,19,21-23H2,1-4H3,(H,42,45). The number of nitrogens with zero attached hydrogens (tertiary/aromatic N) is 2. The molecule has 8 nitrogen and oxygen atoms in total. The molecule has 1 fully saturated rings. The highest BCUT2D eigenvalue weighted by Crippen LogP contribution is 2.33. The van der Waals surface area contributed by atoms with Gasteiger partial charge in [0.2, 0.25) is 5.89 Å². The molecule has 0 radical (unpaired) electrons. The second-order valence-electron chi connectivity index (χ2n) is 13.5. The SMILES string of the molecule is Cc1coc(C2CCCN2C(=O)c2cc(CF)cc(C(=O)NC(Cc3ccccc3)C(O)CNCc3cccc(C(C)(C)C)c3)c2)n1. The van der Waals surface area contributed by atoms with Crippen molar-refractivity contribution in [2.24, 2.45) is 0 Å². The molecule has 0 bridgehead atoms. The second-order valence-corrected chi connectivity index (χ2v) is 13.5. The molecule has 3 unspecified atom stereocenters. The van der Waals surface area contributed by atoms with E-state index in [1.807, 2.05) is 49.4 Å². The van der Waals surface area contributed by atoms with Gasteiger partial charge in [-0.05, 0) is 72.1 Å². The third-order valence-electron chi connectivity index (χ3n) is 8.65. The lowest BCUT2D eigenvalue weighted by atomic mass is 9.86. The number of hydrogen-bond donors (Lipinski definition) is 3. The van der Waals surface area contributed by atoms with Crippen molar-refractivity contribution in [1.29, 1.82) is 0 Å². The summed E-state index contributed by atoms with van der Waals surface area (Å²) in [6, 6.07) is 21.5. The number of aliphatic hydroxyl groups excluding tert-OH is 1. The first-order valence-corrected chi connectivity index (χ1v) is 16.3. The number of nitrogens with one attached hydrogen (secondary N) is 2. The Labute approximate surface area is 276 Å². The summed E-state index contributed by atoms with van der Waals surface area (Å²) < 4.78 is 19.7. The summed E-state index contributed by atoms with van der Waals surface area (Å²) in [5, 5.41) is 17.7. The molecule has 9 heteroatoms. The largest absolute Gasteiger partial charge is 0.446 e. The van der Waals surface area contributed by atoms with E-state index in [1.165, 1.54) is 23.8 Å². The van der Waals surface area contributed by atoms with Gasteiger partial charge in [0.25, 0.3) is 11.8 Å². The number of carbonyl (C=O) groups excluding carboxylic acids is 2. The van der Waals surface area contributed by atoms with Gasteiger partial charge >= 0.3 is 0 Å². The molecule has 5 rings (SSSR count). The van der Waals surface area contributed by atoms with Gasteiger partial charge in [0.1, 0.15) is 19.0 Å². The Morgan fingerprint density at radius 1 is 1.02 bits per heavy atom. The van der Waals surface area contributed by atoms with E-state index in [2.05, 4.69) is 48.5 Å². The van der Waals surface area contributed by atoms with Gasteiger partial charge in [0.05, 0.1) is 17.8 Å². The van der Waals surface area contributed by atoms with Crippen LogP contribution in [0.25, 0.3) is 0 Å². The predicted octanol–water partition coefficient (Wildman–Crippen LogP) is 6.22. The van der Waals surface area contributed by atoms with E-state index in [9.17, 15) is 19.1 Å². The number of likely N-dealkylation sites (tertiary alicyclic amines) is 1. The molecule has 0 spiro atoms. The minimum atomic E-state index is -0.926. The quantitative estimate of drug-likeness (QED) is 0.170. The average Bonchev–Trinajstić information content (AvgIpc) is 3.73. The van der Waals surface area contributed by atoms with Gasteiger partial charge in [0, 0.05) is 30.8 Å². The van der Waals surface area contributed by atoms with E-state index in [4.69, 9.17) is 4.42 Å². The number of carbonyl (C=O) groups is 2. The number of halogens is 1. The predicted molar refractivity (Wildman–Crippen MR) is 180 cm³/mol. The molecule has 248 valence electrons. The lowest BCUT2D eigenvalue weighted by Crippen LogP contribution is -2.48. The highest BCUT2D eigenvalue weighted by Gasteiger charge is 2.34. The zero-order valence-electron chi connectivity index (χ0n) is 27.6. The first kappa shape index (κ1) is 34.0. The second kappa shape index (κ2) is 15.0. The van der Waals surface area contributed by atoms with Gasteiger partial charge in [-0.3, -0.25) is 9.59 Å². The summed E-state index contributed by atoms with van der Waals surface area (Å²) in [6.45, 7) is 8.81. The third-order valence-corrected chi connectivity index (χ3v) is 8.65. The Morgan fingerprint density at radius 3 is 2.47 bits per heavy atom. The summed E-state index contributed by atoms with van der Waals surface area (Å²) in [7, 11) is 0. The van der Waals surface area contributed by atoms with E-state index < -0.39 is 24.7 Å².